The number of nitrogens with one attached hydrogen (secondary N) is 1. The van der Waals surface area contributed by atoms with Gasteiger partial charge in [0, 0.05) is 25.8 Å². The zero-order chi connectivity index (χ0) is 14.4. The average Bonchev–Trinajstić information content (AvgIpc) is 2.88. The van der Waals surface area contributed by atoms with Gasteiger partial charge in [0.1, 0.15) is 11.5 Å². The quantitative estimate of drug-likeness (QED) is 0.808. The van der Waals surface area contributed by atoms with Gasteiger partial charge in [0.05, 0.1) is 6.61 Å². The molecule has 20 heavy (non-hydrogen) atoms. The van der Waals surface area contributed by atoms with Gasteiger partial charge in [-0.1, -0.05) is 12.1 Å². The van der Waals surface area contributed by atoms with E-state index < -0.39 is 0 Å². The average molecular weight is 277 g/mol. The zero-order valence-corrected chi connectivity index (χ0v) is 12.0. The topological polar surface area (TPSA) is 86.0 Å². The van der Waals surface area contributed by atoms with Crippen molar-refractivity contribution >= 4 is 0 Å². The molecule has 0 radical (unpaired) electrons. The monoisotopic (exact) mass is 277 g/mol. The lowest BCUT2D eigenvalue weighted by Gasteiger charge is -2.14. The summed E-state index contributed by atoms with van der Waals surface area (Å²) in [6.07, 6.45) is 2.30. The van der Waals surface area contributed by atoms with Crippen molar-refractivity contribution in [3.63, 3.8) is 0 Å². The Morgan fingerprint density at radius 2 is 2.25 bits per heavy atom. The van der Waals surface area contributed by atoms with E-state index in [1.807, 2.05) is 13.8 Å². The Labute approximate surface area is 117 Å². The minimum atomic E-state index is 0.158. The minimum Gasteiger partial charge on any atom is -0.383 e. The molecule has 1 atom stereocenters. The first-order valence-electron chi connectivity index (χ1n) is 6.57. The highest BCUT2D eigenvalue weighted by Crippen LogP contribution is 2.13. The second-order valence-corrected chi connectivity index (χ2v) is 4.41. The minimum absolute atomic E-state index is 0.158. The van der Waals surface area contributed by atoms with Crippen LogP contribution < -0.4 is 5.32 Å². The van der Waals surface area contributed by atoms with E-state index in [0.717, 1.165) is 6.54 Å². The number of likely N-dealkylation sites (N-methyl/N-ethyl adjacent to an activating group) is 1. The van der Waals surface area contributed by atoms with Crippen LogP contribution >= 0.6 is 0 Å². The summed E-state index contributed by atoms with van der Waals surface area (Å²) in [7, 11) is 1.67. The molecule has 0 bridgehead atoms. The van der Waals surface area contributed by atoms with Crippen LogP contribution in [0.4, 0.5) is 0 Å². The van der Waals surface area contributed by atoms with Crippen LogP contribution in [0.3, 0.4) is 0 Å². The highest BCUT2D eigenvalue weighted by Gasteiger charge is 2.15. The van der Waals surface area contributed by atoms with Crippen LogP contribution in [0, 0.1) is 6.92 Å². The largest absolute Gasteiger partial charge is 0.383 e. The highest BCUT2D eigenvalue weighted by molar-refractivity contribution is 5.46. The molecule has 0 aliphatic carbocycles. The van der Waals surface area contributed by atoms with Crippen LogP contribution in [-0.2, 0) is 11.2 Å². The molecule has 1 unspecified atom stereocenters. The van der Waals surface area contributed by atoms with E-state index in [9.17, 15) is 0 Å². The van der Waals surface area contributed by atoms with Crippen molar-refractivity contribution in [1.29, 1.82) is 0 Å². The van der Waals surface area contributed by atoms with Gasteiger partial charge in [-0.3, -0.25) is 0 Å². The Bertz CT molecular complexity index is 537. The van der Waals surface area contributed by atoms with Gasteiger partial charge in [0.15, 0.2) is 0 Å². The second kappa shape index (κ2) is 7.06. The summed E-state index contributed by atoms with van der Waals surface area (Å²) in [6.45, 7) is 5.33. The van der Waals surface area contributed by atoms with E-state index >= 15 is 0 Å². The molecule has 7 nitrogen and oxygen atoms in total. The van der Waals surface area contributed by atoms with E-state index in [-0.39, 0.29) is 6.04 Å². The molecule has 1 N–H and O–H groups in total. The fraction of sp³-hybridized carbons (Fsp3) is 0.538. The van der Waals surface area contributed by atoms with Crippen LogP contribution in [0.15, 0.2) is 16.8 Å². The molecule has 0 aliphatic heterocycles. The van der Waals surface area contributed by atoms with Crippen molar-refractivity contribution in [1.82, 2.24) is 25.4 Å². The normalized spacial score (nSPS) is 12.6. The number of rotatable bonds is 7. The highest BCUT2D eigenvalue weighted by atomic mass is 16.5. The van der Waals surface area contributed by atoms with Crippen LogP contribution in [0.2, 0.25) is 0 Å². The van der Waals surface area contributed by atoms with Gasteiger partial charge in [0.25, 0.3) is 0 Å². The lowest BCUT2D eigenvalue weighted by atomic mass is 10.2. The van der Waals surface area contributed by atoms with Crippen molar-refractivity contribution in [3.05, 3.63) is 24.0 Å². The second-order valence-electron chi connectivity index (χ2n) is 4.41. The van der Waals surface area contributed by atoms with Gasteiger partial charge < -0.3 is 14.6 Å². The van der Waals surface area contributed by atoms with Crippen molar-refractivity contribution in [2.24, 2.45) is 0 Å². The first-order chi connectivity index (χ1) is 9.72. The van der Waals surface area contributed by atoms with Gasteiger partial charge in [-0.05, 0) is 19.5 Å². The van der Waals surface area contributed by atoms with E-state index in [1.54, 1.807) is 19.4 Å². The Hall–Kier alpha value is -1.86. The molecule has 2 aromatic heterocycles. The molecular weight excluding hydrogens is 258 g/mol. The summed E-state index contributed by atoms with van der Waals surface area (Å²) >= 11 is 0. The number of hydrogen-bond donors (Lipinski definition) is 1. The zero-order valence-electron chi connectivity index (χ0n) is 12.0. The Morgan fingerprint density at radius 3 is 2.95 bits per heavy atom. The van der Waals surface area contributed by atoms with Gasteiger partial charge >= 0.3 is 0 Å². The Morgan fingerprint density at radius 1 is 1.40 bits per heavy atom. The maximum atomic E-state index is 5.27. The number of nitrogens with zero attached hydrogens (tertiary/aromatic N) is 4. The predicted molar refractivity (Wildman–Crippen MR) is 73.1 cm³/mol. The lowest BCUT2D eigenvalue weighted by molar-refractivity contribution is 0.162. The number of aromatic nitrogens is 4. The molecule has 7 heteroatoms. The van der Waals surface area contributed by atoms with Crippen molar-refractivity contribution in [3.8, 4) is 11.5 Å². The third-order valence-corrected chi connectivity index (χ3v) is 2.75. The van der Waals surface area contributed by atoms with E-state index in [4.69, 9.17) is 9.26 Å². The molecule has 0 amide bonds. The molecule has 2 rings (SSSR count). The number of ether oxygens (including phenoxy) is 1. The third kappa shape index (κ3) is 3.82. The summed E-state index contributed by atoms with van der Waals surface area (Å²) in [6, 6.07) is 1.92. The van der Waals surface area contributed by atoms with E-state index in [0.29, 0.717) is 36.3 Å². The van der Waals surface area contributed by atoms with Gasteiger partial charge in [0.2, 0.25) is 11.7 Å². The maximum absolute atomic E-state index is 5.27. The van der Waals surface area contributed by atoms with E-state index in [1.165, 1.54) is 0 Å². The molecule has 2 aromatic rings. The van der Waals surface area contributed by atoms with Crippen LogP contribution in [0.25, 0.3) is 11.5 Å². The number of aryl methyl sites for hydroxylation is 1. The molecule has 0 spiro atoms. The van der Waals surface area contributed by atoms with Crippen LogP contribution in [0.1, 0.15) is 18.6 Å². The van der Waals surface area contributed by atoms with Crippen molar-refractivity contribution < 1.29 is 9.26 Å². The fourth-order valence-corrected chi connectivity index (χ4v) is 1.91. The standard InChI is InChI=1S/C13H19N5O2/c1-4-14-10(8-19-3)7-12-17-13(18-20-12)11-5-6-15-9(2)16-11/h5-6,10,14H,4,7-8H2,1-3H3. The first-order valence-corrected chi connectivity index (χ1v) is 6.57. The molecule has 0 aromatic carbocycles. The van der Waals surface area contributed by atoms with Crippen LogP contribution in [0.5, 0.6) is 0 Å². The van der Waals surface area contributed by atoms with Crippen LogP contribution in [-0.4, -0.2) is 46.4 Å². The molecule has 0 fully saturated rings. The number of hydrogen-bond acceptors (Lipinski definition) is 7. The Kier molecular flexibility index (Phi) is 5.14. The first kappa shape index (κ1) is 14.5. The summed E-state index contributed by atoms with van der Waals surface area (Å²) in [4.78, 5) is 12.7. The van der Waals surface area contributed by atoms with Gasteiger partial charge in [-0.15, -0.1) is 0 Å². The Balaban J connectivity index is 2.08. The van der Waals surface area contributed by atoms with Gasteiger partial charge in [-0.2, -0.15) is 4.98 Å². The summed E-state index contributed by atoms with van der Waals surface area (Å²) in [5.41, 5.74) is 0.666. The maximum Gasteiger partial charge on any atom is 0.228 e. The van der Waals surface area contributed by atoms with Crippen molar-refractivity contribution in [2.45, 2.75) is 26.3 Å². The predicted octanol–water partition coefficient (Wildman–Crippen LogP) is 1.00. The van der Waals surface area contributed by atoms with Crippen molar-refractivity contribution in [2.75, 3.05) is 20.3 Å². The molecule has 0 saturated heterocycles. The smallest absolute Gasteiger partial charge is 0.228 e. The summed E-state index contributed by atoms with van der Waals surface area (Å²) in [5, 5.41) is 7.27. The molecule has 2 heterocycles. The third-order valence-electron chi connectivity index (χ3n) is 2.75. The summed E-state index contributed by atoms with van der Waals surface area (Å²) in [5.74, 6) is 1.73. The van der Waals surface area contributed by atoms with E-state index in [2.05, 4.69) is 25.4 Å². The molecular formula is C13H19N5O2. The van der Waals surface area contributed by atoms with Gasteiger partial charge in [-0.25, -0.2) is 9.97 Å². The summed E-state index contributed by atoms with van der Waals surface area (Å²) < 4.78 is 10.4. The fourth-order valence-electron chi connectivity index (χ4n) is 1.91. The SMILES string of the molecule is CCNC(COC)Cc1nc(-c2ccnc(C)n2)no1. The molecule has 108 valence electrons. The molecule has 0 saturated carbocycles. The molecule has 0 aliphatic rings. The lowest BCUT2D eigenvalue weighted by Crippen LogP contribution is -2.35. The number of methoxy groups -OCH3 is 1.